The maximum Gasteiger partial charge on any atom is 0.0852 e. The number of rotatable bonds is 2. The summed E-state index contributed by atoms with van der Waals surface area (Å²) in [5.41, 5.74) is 1.10. The molecule has 0 atom stereocenters. The number of allylic oxidation sites excluding steroid dienone is 2. The van der Waals surface area contributed by atoms with Crippen LogP contribution in [-0.2, 0) is 0 Å². The Hall–Kier alpha value is -0.280. The molecule has 0 aliphatic heterocycles. The highest BCUT2D eigenvalue weighted by atomic mass is 32.2. The van der Waals surface area contributed by atoms with Crippen molar-refractivity contribution in [2.45, 2.75) is 27.7 Å². The third-order valence-electron chi connectivity index (χ3n) is 1.34. The predicted molar refractivity (Wildman–Crippen MR) is 53.5 cm³/mol. The monoisotopic (exact) mass is 172 g/mol. The SMILES string of the molecule is C/C=C(\N=C(C)SN)C(C)C. The van der Waals surface area contributed by atoms with Gasteiger partial charge in [-0.1, -0.05) is 19.9 Å². The molecule has 0 rings (SSSR count). The number of aliphatic imine (C=N–C) groups is 1. The standard InChI is InChI=1S/C8H16N2S/c1-5-8(6(2)3)10-7(4)11-9/h5-6H,9H2,1-4H3/b8-5-,10-7?. The Bertz CT molecular complexity index is 171. The van der Waals surface area contributed by atoms with Crippen LogP contribution in [0.2, 0.25) is 0 Å². The van der Waals surface area contributed by atoms with Crippen molar-refractivity contribution < 1.29 is 0 Å². The van der Waals surface area contributed by atoms with Gasteiger partial charge in [-0.3, -0.25) is 10.1 Å². The van der Waals surface area contributed by atoms with Crippen molar-refractivity contribution in [3.63, 3.8) is 0 Å². The van der Waals surface area contributed by atoms with Crippen LogP contribution in [0.15, 0.2) is 16.8 Å². The minimum Gasteiger partial charge on any atom is -0.273 e. The zero-order valence-electron chi connectivity index (χ0n) is 7.59. The van der Waals surface area contributed by atoms with Gasteiger partial charge in [0.05, 0.1) is 5.04 Å². The highest BCUT2D eigenvalue weighted by Gasteiger charge is 1.99. The maximum absolute atomic E-state index is 5.33. The summed E-state index contributed by atoms with van der Waals surface area (Å²) in [6.45, 7) is 8.14. The Morgan fingerprint density at radius 2 is 2.09 bits per heavy atom. The molecular formula is C8H16N2S. The zero-order valence-corrected chi connectivity index (χ0v) is 8.40. The number of hydrogen-bond donors (Lipinski definition) is 1. The van der Waals surface area contributed by atoms with Gasteiger partial charge in [-0.25, -0.2) is 0 Å². The molecule has 2 N–H and O–H groups in total. The summed E-state index contributed by atoms with van der Waals surface area (Å²) in [7, 11) is 0. The van der Waals surface area contributed by atoms with E-state index in [4.69, 9.17) is 5.14 Å². The minimum absolute atomic E-state index is 0.474. The van der Waals surface area contributed by atoms with Gasteiger partial charge in [0.15, 0.2) is 0 Å². The van der Waals surface area contributed by atoms with Crippen LogP contribution in [0.25, 0.3) is 0 Å². The molecule has 0 unspecified atom stereocenters. The van der Waals surface area contributed by atoms with E-state index in [1.165, 1.54) is 11.9 Å². The Balaban J connectivity index is 4.32. The van der Waals surface area contributed by atoms with E-state index in [0.29, 0.717) is 5.92 Å². The molecule has 0 saturated heterocycles. The van der Waals surface area contributed by atoms with E-state index in [1.807, 2.05) is 19.9 Å². The van der Waals surface area contributed by atoms with Crippen molar-refractivity contribution in [1.82, 2.24) is 0 Å². The minimum atomic E-state index is 0.474. The van der Waals surface area contributed by atoms with Crippen LogP contribution >= 0.6 is 11.9 Å². The van der Waals surface area contributed by atoms with Crippen LogP contribution < -0.4 is 5.14 Å². The van der Waals surface area contributed by atoms with Crippen molar-refractivity contribution >= 4 is 17.0 Å². The van der Waals surface area contributed by atoms with E-state index in [2.05, 4.69) is 18.8 Å². The first-order chi connectivity index (χ1) is 5.11. The van der Waals surface area contributed by atoms with Crippen LogP contribution in [0.4, 0.5) is 0 Å². The molecule has 0 fully saturated rings. The molecule has 0 spiro atoms. The van der Waals surface area contributed by atoms with Crippen LogP contribution in [0.1, 0.15) is 27.7 Å². The topological polar surface area (TPSA) is 38.4 Å². The molecule has 2 nitrogen and oxygen atoms in total. The summed E-state index contributed by atoms with van der Waals surface area (Å²) in [5, 5.41) is 6.24. The molecule has 0 aromatic heterocycles. The molecular weight excluding hydrogens is 156 g/mol. The molecule has 64 valence electrons. The fourth-order valence-corrected chi connectivity index (χ4v) is 0.893. The smallest absolute Gasteiger partial charge is 0.0852 e. The maximum atomic E-state index is 5.33. The lowest BCUT2D eigenvalue weighted by Gasteiger charge is -2.05. The van der Waals surface area contributed by atoms with E-state index in [0.717, 1.165) is 10.7 Å². The second-order valence-corrected chi connectivity index (χ2v) is 3.44. The second kappa shape index (κ2) is 5.38. The summed E-state index contributed by atoms with van der Waals surface area (Å²) in [4.78, 5) is 4.33. The quantitative estimate of drug-likeness (QED) is 0.395. The average molecular weight is 172 g/mol. The van der Waals surface area contributed by atoms with Gasteiger partial charge in [-0.2, -0.15) is 0 Å². The van der Waals surface area contributed by atoms with Crippen molar-refractivity contribution in [2.75, 3.05) is 0 Å². The Labute approximate surface area is 73.1 Å². The number of nitrogens with zero attached hydrogens (tertiary/aromatic N) is 1. The van der Waals surface area contributed by atoms with Gasteiger partial charge < -0.3 is 0 Å². The van der Waals surface area contributed by atoms with Gasteiger partial charge in [0, 0.05) is 5.70 Å². The van der Waals surface area contributed by atoms with Crippen molar-refractivity contribution in [3.05, 3.63) is 11.8 Å². The Kier molecular flexibility index (Phi) is 5.24. The van der Waals surface area contributed by atoms with Crippen LogP contribution in [-0.4, -0.2) is 5.04 Å². The largest absolute Gasteiger partial charge is 0.273 e. The molecule has 11 heavy (non-hydrogen) atoms. The van der Waals surface area contributed by atoms with Gasteiger partial charge in [0.25, 0.3) is 0 Å². The fraction of sp³-hybridized carbons (Fsp3) is 0.625. The summed E-state index contributed by atoms with van der Waals surface area (Å²) >= 11 is 1.20. The summed E-state index contributed by atoms with van der Waals surface area (Å²) in [6, 6.07) is 0. The van der Waals surface area contributed by atoms with Crippen molar-refractivity contribution in [2.24, 2.45) is 16.0 Å². The van der Waals surface area contributed by atoms with E-state index in [1.54, 1.807) is 0 Å². The molecule has 0 aliphatic rings. The summed E-state index contributed by atoms with van der Waals surface area (Å²) in [5.74, 6) is 0.474. The highest BCUT2D eigenvalue weighted by molar-refractivity contribution is 8.11. The van der Waals surface area contributed by atoms with Crippen molar-refractivity contribution in [1.29, 1.82) is 0 Å². The first-order valence-corrected chi connectivity index (χ1v) is 4.58. The molecule has 0 aromatic carbocycles. The van der Waals surface area contributed by atoms with E-state index in [9.17, 15) is 0 Å². The van der Waals surface area contributed by atoms with Gasteiger partial charge in [0.1, 0.15) is 0 Å². The third kappa shape index (κ3) is 4.22. The summed E-state index contributed by atoms with van der Waals surface area (Å²) in [6.07, 6.45) is 2.02. The van der Waals surface area contributed by atoms with Gasteiger partial charge in [-0.15, -0.1) is 0 Å². The molecule has 0 aliphatic carbocycles. The number of nitrogens with two attached hydrogens (primary N) is 1. The zero-order chi connectivity index (χ0) is 8.85. The lowest BCUT2D eigenvalue weighted by atomic mass is 10.1. The van der Waals surface area contributed by atoms with E-state index in [-0.39, 0.29) is 0 Å². The predicted octanol–water partition coefficient (Wildman–Crippen LogP) is 2.57. The van der Waals surface area contributed by atoms with Gasteiger partial charge in [-0.05, 0) is 31.7 Å². The summed E-state index contributed by atoms with van der Waals surface area (Å²) < 4.78 is 0. The molecule has 0 radical (unpaired) electrons. The van der Waals surface area contributed by atoms with Crippen LogP contribution in [0.3, 0.4) is 0 Å². The van der Waals surface area contributed by atoms with Crippen LogP contribution in [0.5, 0.6) is 0 Å². The Morgan fingerprint density at radius 1 is 1.55 bits per heavy atom. The van der Waals surface area contributed by atoms with E-state index < -0.39 is 0 Å². The van der Waals surface area contributed by atoms with Gasteiger partial charge >= 0.3 is 0 Å². The third-order valence-corrected chi connectivity index (χ3v) is 1.78. The molecule has 0 bridgehead atoms. The van der Waals surface area contributed by atoms with Crippen LogP contribution in [0, 0.1) is 5.92 Å². The first-order valence-electron chi connectivity index (χ1n) is 3.70. The number of hydrogen-bond acceptors (Lipinski definition) is 3. The molecule has 3 heteroatoms. The normalized spacial score (nSPS) is 14.4. The molecule has 0 saturated carbocycles. The first kappa shape index (κ1) is 10.7. The Morgan fingerprint density at radius 3 is 2.36 bits per heavy atom. The second-order valence-electron chi connectivity index (χ2n) is 2.62. The highest BCUT2D eigenvalue weighted by Crippen LogP contribution is 2.12. The molecule has 0 amide bonds. The fourth-order valence-electron chi connectivity index (χ4n) is 0.735. The van der Waals surface area contributed by atoms with Crippen molar-refractivity contribution in [3.8, 4) is 0 Å². The van der Waals surface area contributed by atoms with Gasteiger partial charge in [0.2, 0.25) is 0 Å². The lowest BCUT2D eigenvalue weighted by molar-refractivity contribution is 0.756. The molecule has 0 aromatic rings. The lowest BCUT2D eigenvalue weighted by Crippen LogP contribution is -1.96. The average Bonchev–Trinajstić information content (AvgIpc) is 1.99. The molecule has 0 heterocycles. The van der Waals surface area contributed by atoms with E-state index >= 15 is 0 Å².